The predicted molar refractivity (Wildman–Crippen MR) is 139 cm³/mol. The van der Waals surface area contributed by atoms with E-state index in [-0.39, 0.29) is 5.97 Å². The summed E-state index contributed by atoms with van der Waals surface area (Å²) in [5.41, 5.74) is 10.7. The highest BCUT2D eigenvalue weighted by Gasteiger charge is 2.18. The lowest BCUT2D eigenvalue weighted by Crippen LogP contribution is -2.34. The van der Waals surface area contributed by atoms with Gasteiger partial charge in [0.2, 0.25) is 0 Å². The van der Waals surface area contributed by atoms with Crippen molar-refractivity contribution < 1.29 is 9.53 Å². The van der Waals surface area contributed by atoms with E-state index in [4.69, 9.17) is 33.7 Å². The van der Waals surface area contributed by atoms with E-state index in [0.717, 1.165) is 54.5 Å². The van der Waals surface area contributed by atoms with Crippen LogP contribution >= 0.6 is 23.2 Å². The van der Waals surface area contributed by atoms with Crippen LogP contribution in [0.5, 0.6) is 0 Å². The second-order valence-corrected chi connectivity index (χ2v) is 9.01. The van der Waals surface area contributed by atoms with Gasteiger partial charge in [0.1, 0.15) is 6.04 Å². The van der Waals surface area contributed by atoms with Crippen molar-refractivity contribution in [2.45, 2.75) is 31.7 Å². The van der Waals surface area contributed by atoms with Gasteiger partial charge in [-0.2, -0.15) is 0 Å². The lowest BCUT2D eigenvalue weighted by molar-refractivity contribution is -0.145. The molecule has 33 heavy (non-hydrogen) atoms. The number of rotatable bonds is 13. The highest BCUT2D eigenvalue weighted by atomic mass is 35.5. The van der Waals surface area contributed by atoms with Gasteiger partial charge in [0.25, 0.3) is 0 Å². The summed E-state index contributed by atoms with van der Waals surface area (Å²) in [6, 6.07) is 16.0. The number of unbranched alkanes of at least 4 members (excludes halogenated alkanes) is 1. The van der Waals surface area contributed by atoms with Crippen molar-refractivity contribution in [1.82, 2.24) is 4.57 Å². The molecule has 1 heterocycles. The number of nitrogens with zero attached hydrogens (tertiary/aromatic N) is 2. The first kappa shape index (κ1) is 25.4. The van der Waals surface area contributed by atoms with Crippen LogP contribution in [-0.4, -0.2) is 48.0 Å². The number of alkyl halides is 2. The number of nitrogens with two attached hydrogens (primary N) is 1. The van der Waals surface area contributed by atoms with Crippen molar-refractivity contribution in [2.75, 3.05) is 36.4 Å². The molecule has 7 heteroatoms. The van der Waals surface area contributed by atoms with E-state index in [1.807, 2.05) is 25.4 Å². The van der Waals surface area contributed by atoms with Gasteiger partial charge in [-0.15, -0.1) is 23.2 Å². The molecule has 0 bridgehead atoms. The van der Waals surface area contributed by atoms with Gasteiger partial charge in [0.15, 0.2) is 0 Å². The number of hydrogen-bond acceptors (Lipinski definition) is 4. The van der Waals surface area contributed by atoms with Gasteiger partial charge in [-0.3, -0.25) is 4.79 Å². The van der Waals surface area contributed by atoms with Crippen molar-refractivity contribution in [1.29, 1.82) is 0 Å². The summed E-state index contributed by atoms with van der Waals surface area (Å²) in [5.74, 6) is 0.803. The predicted octanol–water partition coefficient (Wildman–Crippen LogP) is 4.90. The molecular formula is C26H33Cl2N3O2. The van der Waals surface area contributed by atoms with E-state index in [1.54, 1.807) is 0 Å². The monoisotopic (exact) mass is 489 g/mol. The minimum atomic E-state index is -0.660. The Morgan fingerprint density at radius 3 is 2.45 bits per heavy atom. The lowest BCUT2D eigenvalue weighted by Gasteiger charge is -2.23. The summed E-state index contributed by atoms with van der Waals surface area (Å²) in [7, 11) is 2.00. The van der Waals surface area contributed by atoms with E-state index in [9.17, 15) is 4.79 Å². The molecule has 0 saturated heterocycles. The van der Waals surface area contributed by atoms with Crippen molar-refractivity contribution >= 4 is 45.8 Å². The Morgan fingerprint density at radius 2 is 1.76 bits per heavy atom. The Hall–Kier alpha value is -2.21. The summed E-state index contributed by atoms with van der Waals surface area (Å²) in [5, 5.41) is 1.13. The molecular weight excluding hydrogens is 457 g/mol. The number of aryl methyl sites for hydroxylation is 2. The Labute approximate surface area is 206 Å². The number of anilines is 1. The largest absolute Gasteiger partial charge is 0.465 e. The van der Waals surface area contributed by atoms with Crippen LogP contribution in [0.3, 0.4) is 0 Å². The number of esters is 1. The minimum absolute atomic E-state index is 0.342. The molecule has 0 spiro atoms. The zero-order valence-electron chi connectivity index (χ0n) is 19.2. The maximum atomic E-state index is 12.4. The highest BCUT2D eigenvalue weighted by Crippen LogP contribution is 2.21. The fraction of sp³-hybridized carbons (Fsp3) is 0.423. The molecule has 1 atom stereocenters. The summed E-state index contributed by atoms with van der Waals surface area (Å²) in [6.07, 6.45) is 5.19. The van der Waals surface area contributed by atoms with Crippen LogP contribution < -0.4 is 10.6 Å². The number of benzene rings is 2. The molecule has 2 N–H and O–H groups in total. The molecule has 0 unspecified atom stereocenters. The second-order valence-electron chi connectivity index (χ2n) is 8.25. The molecule has 3 rings (SSSR count). The molecule has 5 nitrogen and oxygen atoms in total. The summed E-state index contributed by atoms with van der Waals surface area (Å²) in [4.78, 5) is 14.5. The Balaban J connectivity index is 1.39. The van der Waals surface area contributed by atoms with Crippen molar-refractivity contribution in [2.24, 2.45) is 12.8 Å². The molecule has 0 radical (unpaired) electrons. The Kier molecular flexibility index (Phi) is 9.92. The number of fused-ring (bicyclic) bond motifs is 1. The summed E-state index contributed by atoms with van der Waals surface area (Å²) >= 11 is 11.8. The van der Waals surface area contributed by atoms with Crippen molar-refractivity contribution in [3.05, 3.63) is 65.9 Å². The topological polar surface area (TPSA) is 60.5 Å². The van der Waals surface area contributed by atoms with E-state index in [2.05, 4.69) is 45.9 Å². The number of halogens is 2. The fourth-order valence-electron chi connectivity index (χ4n) is 4.07. The zero-order chi connectivity index (χ0) is 23.6. The van der Waals surface area contributed by atoms with Crippen LogP contribution in [0, 0.1) is 0 Å². The minimum Gasteiger partial charge on any atom is -0.465 e. The summed E-state index contributed by atoms with van der Waals surface area (Å²) in [6.45, 7) is 1.95. The lowest BCUT2D eigenvalue weighted by atomic mass is 10.1. The van der Waals surface area contributed by atoms with E-state index >= 15 is 0 Å². The number of para-hydroxylation sites is 1. The first-order valence-electron chi connectivity index (χ1n) is 11.4. The Morgan fingerprint density at radius 1 is 1.06 bits per heavy atom. The molecule has 0 aliphatic rings. The third-order valence-corrected chi connectivity index (χ3v) is 6.17. The van der Waals surface area contributed by atoms with Crippen LogP contribution in [0.4, 0.5) is 5.69 Å². The van der Waals surface area contributed by atoms with Gasteiger partial charge in [-0.25, -0.2) is 0 Å². The van der Waals surface area contributed by atoms with Gasteiger partial charge >= 0.3 is 5.97 Å². The number of ether oxygens (including phenoxy) is 1. The number of hydrogen-bond donors (Lipinski definition) is 1. The number of carbonyl (C=O) groups is 1. The maximum absolute atomic E-state index is 12.4. The van der Waals surface area contributed by atoms with Crippen LogP contribution in [0.25, 0.3) is 10.9 Å². The van der Waals surface area contributed by atoms with Gasteiger partial charge < -0.3 is 19.9 Å². The average molecular weight is 490 g/mol. The van der Waals surface area contributed by atoms with Gasteiger partial charge in [0, 0.05) is 61.1 Å². The molecule has 178 valence electrons. The second kappa shape index (κ2) is 12.9. The van der Waals surface area contributed by atoms with Crippen LogP contribution in [0.1, 0.15) is 24.0 Å². The van der Waals surface area contributed by atoms with Gasteiger partial charge in [-0.1, -0.05) is 30.3 Å². The molecule has 1 aromatic heterocycles. The molecule has 2 aromatic carbocycles. The third kappa shape index (κ3) is 7.13. The molecule has 3 aromatic rings. The first-order chi connectivity index (χ1) is 16.0. The summed E-state index contributed by atoms with van der Waals surface area (Å²) < 4.78 is 7.49. The Bertz CT molecular complexity index is 1010. The molecule has 0 saturated carbocycles. The third-order valence-electron chi connectivity index (χ3n) is 5.84. The van der Waals surface area contributed by atoms with E-state index < -0.39 is 6.04 Å². The van der Waals surface area contributed by atoms with Gasteiger partial charge in [0.05, 0.1) is 6.61 Å². The smallest absolute Gasteiger partial charge is 0.323 e. The average Bonchev–Trinajstić information content (AvgIpc) is 3.14. The van der Waals surface area contributed by atoms with Crippen LogP contribution in [0.15, 0.2) is 54.7 Å². The van der Waals surface area contributed by atoms with Gasteiger partial charge in [-0.05, 0) is 48.6 Å². The van der Waals surface area contributed by atoms with E-state index in [0.29, 0.717) is 24.8 Å². The fourth-order valence-corrected chi connectivity index (χ4v) is 4.48. The molecule has 0 aliphatic heterocycles. The SMILES string of the molecule is Cn1cc(C[C@H](N)C(=O)OCCCCc2ccc(N(CCCl)CCCl)cc2)c2ccccc21. The maximum Gasteiger partial charge on any atom is 0.323 e. The quantitative estimate of drug-likeness (QED) is 0.210. The van der Waals surface area contributed by atoms with Crippen molar-refractivity contribution in [3.8, 4) is 0 Å². The number of aromatic nitrogens is 1. The van der Waals surface area contributed by atoms with Crippen molar-refractivity contribution in [3.63, 3.8) is 0 Å². The van der Waals surface area contributed by atoms with Crippen LogP contribution in [0.2, 0.25) is 0 Å². The van der Waals surface area contributed by atoms with E-state index in [1.165, 1.54) is 5.56 Å². The normalized spacial score (nSPS) is 12.1. The first-order valence-corrected chi connectivity index (χ1v) is 12.5. The molecule has 0 amide bonds. The van der Waals surface area contributed by atoms with Crippen LogP contribution in [-0.2, 0) is 29.4 Å². The molecule has 0 aliphatic carbocycles. The standard InChI is InChI=1S/C26H33Cl2N3O2/c1-30-19-21(23-7-2-3-8-25(23)30)18-24(29)26(32)33-17-5-4-6-20-9-11-22(12-10-20)31(15-13-27)16-14-28/h2-3,7-12,19,24H,4-6,13-18,29H2,1H3/t24-/m0/s1. The number of carbonyl (C=O) groups excluding carboxylic acids is 1. The molecule has 0 fully saturated rings. The zero-order valence-corrected chi connectivity index (χ0v) is 20.7. The highest BCUT2D eigenvalue weighted by molar-refractivity contribution is 6.18.